The maximum atomic E-state index is 11.4. The molecule has 1 amide bonds. The molecule has 0 aliphatic carbocycles. The largest absolute Gasteiger partial charge is 0.352 e. The Bertz CT molecular complexity index is 170. The number of carbonyl (C=O) groups is 1. The Labute approximate surface area is 80.3 Å². The first kappa shape index (κ1) is 10.5. The summed E-state index contributed by atoms with van der Waals surface area (Å²) in [6.07, 6.45) is 2.77. The lowest BCUT2D eigenvalue weighted by Crippen LogP contribution is -2.39. The number of nitrogens with one attached hydrogen (secondary N) is 2. The van der Waals surface area contributed by atoms with Crippen LogP contribution < -0.4 is 10.6 Å². The molecule has 1 heterocycles. The number of unbranched alkanes of at least 4 members (excludes halogenated alkanes) is 1. The first-order valence-electron chi connectivity index (χ1n) is 5.24. The average Bonchev–Trinajstić information content (AvgIpc) is 2.48. The third-order valence-corrected chi connectivity index (χ3v) is 2.62. The molecular weight excluding hydrogens is 164 g/mol. The van der Waals surface area contributed by atoms with Crippen LogP contribution in [0.4, 0.5) is 0 Å². The van der Waals surface area contributed by atoms with E-state index in [0.29, 0.717) is 18.4 Å². The Kier molecular flexibility index (Phi) is 4.22. The molecule has 1 saturated heterocycles. The fourth-order valence-electron chi connectivity index (χ4n) is 1.62. The van der Waals surface area contributed by atoms with Gasteiger partial charge in [-0.2, -0.15) is 0 Å². The van der Waals surface area contributed by atoms with E-state index in [1.54, 1.807) is 0 Å². The molecule has 2 N–H and O–H groups in total. The van der Waals surface area contributed by atoms with Crippen molar-refractivity contribution in [1.82, 2.24) is 10.6 Å². The van der Waals surface area contributed by atoms with Crippen molar-refractivity contribution in [3.05, 3.63) is 0 Å². The third-order valence-electron chi connectivity index (χ3n) is 2.62. The molecular formula is C10H20N2O. The van der Waals surface area contributed by atoms with Crippen molar-refractivity contribution in [3.63, 3.8) is 0 Å². The van der Waals surface area contributed by atoms with Crippen LogP contribution in [0.15, 0.2) is 0 Å². The van der Waals surface area contributed by atoms with Crippen molar-refractivity contribution in [2.75, 3.05) is 13.1 Å². The van der Waals surface area contributed by atoms with Gasteiger partial charge in [-0.15, -0.1) is 0 Å². The van der Waals surface area contributed by atoms with E-state index >= 15 is 0 Å². The first-order chi connectivity index (χ1) is 6.24. The molecule has 3 heteroatoms. The number of hydrogen-bond donors (Lipinski definition) is 2. The van der Waals surface area contributed by atoms with E-state index in [0.717, 1.165) is 25.9 Å². The molecule has 0 aromatic rings. The summed E-state index contributed by atoms with van der Waals surface area (Å²) in [6, 6.07) is 0.351. The molecule has 1 aliphatic heterocycles. The average molecular weight is 184 g/mol. The van der Waals surface area contributed by atoms with E-state index < -0.39 is 0 Å². The zero-order valence-electron chi connectivity index (χ0n) is 8.60. The topological polar surface area (TPSA) is 41.1 Å². The minimum atomic E-state index is 0.211. The molecule has 2 unspecified atom stereocenters. The maximum Gasteiger partial charge on any atom is 0.220 e. The van der Waals surface area contributed by atoms with Crippen LogP contribution >= 0.6 is 0 Å². The summed E-state index contributed by atoms with van der Waals surface area (Å²) in [5.74, 6) is 0.785. The van der Waals surface area contributed by atoms with E-state index in [1.165, 1.54) is 0 Å². The van der Waals surface area contributed by atoms with Gasteiger partial charge in [0.2, 0.25) is 5.91 Å². The van der Waals surface area contributed by atoms with Crippen LogP contribution in [0.3, 0.4) is 0 Å². The van der Waals surface area contributed by atoms with Gasteiger partial charge < -0.3 is 10.6 Å². The summed E-state index contributed by atoms with van der Waals surface area (Å²) < 4.78 is 0. The summed E-state index contributed by atoms with van der Waals surface area (Å²) in [7, 11) is 0. The van der Waals surface area contributed by atoms with E-state index in [1.807, 2.05) is 0 Å². The van der Waals surface area contributed by atoms with Gasteiger partial charge in [-0.25, -0.2) is 0 Å². The second kappa shape index (κ2) is 5.22. The second-order valence-electron chi connectivity index (χ2n) is 3.91. The summed E-state index contributed by atoms with van der Waals surface area (Å²) in [5, 5.41) is 6.33. The Morgan fingerprint density at radius 2 is 2.31 bits per heavy atom. The van der Waals surface area contributed by atoms with Gasteiger partial charge in [-0.3, -0.25) is 4.79 Å². The minimum absolute atomic E-state index is 0.211. The van der Waals surface area contributed by atoms with E-state index in [2.05, 4.69) is 24.5 Å². The molecule has 76 valence electrons. The normalized spacial score (nSPS) is 27.5. The van der Waals surface area contributed by atoms with E-state index in [4.69, 9.17) is 0 Å². The Hall–Kier alpha value is -0.570. The van der Waals surface area contributed by atoms with Gasteiger partial charge >= 0.3 is 0 Å². The van der Waals surface area contributed by atoms with Gasteiger partial charge in [0.25, 0.3) is 0 Å². The quantitative estimate of drug-likeness (QED) is 0.681. The number of hydrogen-bond acceptors (Lipinski definition) is 2. The van der Waals surface area contributed by atoms with Gasteiger partial charge in [-0.1, -0.05) is 20.3 Å². The van der Waals surface area contributed by atoms with Crippen LogP contribution in [0.1, 0.15) is 33.1 Å². The summed E-state index contributed by atoms with van der Waals surface area (Å²) in [4.78, 5) is 11.4. The minimum Gasteiger partial charge on any atom is -0.352 e. The molecule has 0 saturated carbocycles. The smallest absolute Gasteiger partial charge is 0.220 e. The van der Waals surface area contributed by atoms with Gasteiger partial charge in [0.15, 0.2) is 0 Å². The molecule has 0 spiro atoms. The highest BCUT2D eigenvalue weighted by molar-refractivity contribution is 5.76. The number of rotatable bonds is 4. The standard InChI is InChI=1S/C10H20N2O/c1-3-4-5-10(13)12-9-7-11-6-8(9)2/h8-9,11H,3-7H2,1-2H3,(H,12,13). The Morgan fingerprint density at radius 1 is 1.54 bits per heavy atom. The molecule has 1 fully saturated rings. The first-order valence-corrected chi connectivity index (χ1v) is 5.24. The van der Waals surface area contributed by atoms with Crippen LogP contribution in [0.2, 0.25) is 0 Å². The number of amides is 1. The van der Waals surface area contributed by atoms with Gasteiger partial charge in [-0.05, 0) is 18.9 Å². The lowest BCUT2D eigenvalue weighted by Gasteiger charge is -2.15. The molecule has 0 aromatic carbocycles. The fraction of sp³-hybridized carbons (Fsp3) is 0.900. The SMILES string of the molecule is CCCCC(=O)NC1CNCC1C. The number of carbonyl (C=O) groups excluding carboxylic acids is 1. The zero-order valence-corrected chi connectivity index (χ0v) is 8.60. The second-order valence-corrected chi connectivity index (χ2v) is 3.91. The highest BCUT2D eigenvalue weighted by atomic mass is 16.1. The van der Waals surface area contributed by atoms with Crippen molar-refractivity contribution in [2.24, 2.45) is 5.92 Å². The van der Waals surface area contributed by atoms with Gasteiger partial charge in [0.1, 0.15) is 0 Å². The molecule has 0 aromatic heterocycles. The fourth-order valence-corrected chi connectivity index (χ4v) is 1.62. The molecule has 0 radical (unpaired) electrons. The molecule has 3 nitrogen and oxygen atoms in total. The molecule has 1 aliphatic rings. The highest BCUT2D eigenvalue weighted by Gasteiger charge is 2.23. The molecule has 13 heavy (non-hydrogen) atoms. The Balaban J connectivity index is 2.19. The van der Waals surface area contributed by atoms with Crippen LogP contribution in [-0.2, 0) is 4.79 Å². The van der Waals surface area contributed by atoms with E-state index in [-0.39, 0.29) is 5.91 Å². The van der Waals surface area contributed by atoms with Gasteiger partial charge in [0.05, 0.1) is 0 Å². The van der Waals surface area contributed by atoms with Crippen molar-refractivity contribution in [3.8, 4) is 0 Å². The monoisotopic (exact) mass is 184 g/mol. The van der Waals surface area contributed by atoms with Crippen LogP contribution in [-0.4, -0.2) is 25.0 Å². The van der Waals surface area contributed by atoms with Crippen LogP contribution in [0.25, 0.3) is 0 Å². The zero-order chi connectivity index (χ0) is 9.68. The molecule has 1 rings (SSSR count). The predicted octanol–water partition coefficient (Wildman–Crippen LogP) is 0.901. The van der Waals surface area contributed by atoms with Crippen molar-refractivity contribution >= 4 is 5.91 Å². The lowest BCUT2D eigenvalue weighted by molar-refractivity contribution is -0.122. The summed E-state index contributed by atoms with van der Waals surface area (Å²) >= 11 is 0. The third kappa shape index (κ3) is 3.35. The van der Waals surface area contributed by atoms with Crippen LogP contribution in [0, 0.1) is 5.92 Å². The summed E-state index contributed by atoms with van der Waals surface area (Å²) in [5.41, 5.74) is 0. The van der Waals surface area contributed by atoms with Crippen molar-refractivity contribution in [2.45, 2.75) is 39.2 Å². The predicted molar refractivity (Wildman–Crippen MR) is 53.5 cm³/mol. The van der Waals surface area contributed by atoms with Crippen LogP contribution in [0.5, 0.6) is 0 Å². The van der Waals surface area contributed by atoms with E-state index in [9.17, 15) is 4.79 Å². The molecule has 0 bridgehead atoms. The lowest BCUT2D eigenvalue weighted by atomic mass is 10.1. The maximum absolute atomic E-state index is 11.4. The van der Waals surface area contributed by atoms with Crippen molar-refractivity contribution in [1.29, 1.82) is 0 Å². The van der Waals surface area contributed by atoms with Crippen molar-refractivity contribution < 1.29 is 4.79 Å². The molecule has 2 atom stereocenters. The Morgan fingerprint density at radius 3 is 2.85 bits per heavy atom. The highest BCUT2D eigenvalue weighted by Crippen LogP contribution is 2.07. The summed E-state index contributed by atoms with van der Waals surface area (Å²) in [6.45, 7) is 6.23. The van der Waals surface area contributed by atoms with Gasteiger partial charge in [0, 0.05) is 19.0 Å².